The quantitative estimate of drug-likeness (QED) is 0.469. The molecular weight excluding hydrogens is 497 g/mol. The molecule has 0 radical (unpaired) electrons. The molecule has 0 aromatic heterocycles. The molecule has 2 aromatic rings. The van der Waals surface area contributed by atoms with E-state index in [-0.39, 0.29) is 28.2 Å². The molecule has 0 aliphatic heterocycles. The third-order valence-electron chi connectivity index (χ3n) is 5.42. The molecule has 186 valence electrons. The summed E-state index contributed by atoms with van der Waals surface area (Å²) in [7, 11) is -3.89. The van der Waals surface area contributed by atoms with E-state index in [1.165, 1.54) is 17.0 Å². The summed E-state index contributed by atoms with van der Waals surface area (Å²) in [6.45, 7) is 5.79. The number of aryl methyl sites for hydroxylation is 1. The molecule has 34 heavy (non-hydrogen) atoms. The number of amides is 2. The molecule has 0 aliphatic rings. The highest BCUT2D eigenvalue weighted by Gasteiger charge is 2.32. The zero-order chi connectivity index (χ0) is 25.5. The Kier molecular flexibility index (Phi) is 10.2. The lowest BCUT2D eigenvalue weighted by molar-refractivity contribution is -0.140. The van der Waals surface area contributed by atoms with Crippen LogP contribution in [0.5, 0.6) is 0 Å². The maximum absolute atomic E-state index is 13.6. The van der Waals surface area contributed by atoms with Crippen LogP contribution >= 0.6 is 23.2 Å². The molecular formula is C24H31Cl2N3O4S. The summed E-state index contributed by atoms with van der Waals surface area (Å²) in [5.74, 6) is -0.804. The topological polar surface area (TPSA) is 86.8 Å². The van der Waals surface area contributed by atoms with Crippen LogP contribution in [-0.4, -0.2) is 50.5 Å². The lowest BCUT2D eigenvalue weighted by Gasteiger charge is -2.33. The summed E-state index contributed by atoms with van der Waals surface area (Å²) >= 11 is 12.4. The Morgan fingerprint density at radius 1 is 1.06 bits per heavy atom. The van der Waals surface area contributed by atoms with Crippen LogP contribution in [0.3, 0.4) is 0 Å². The van der Waals surface area contributed by atoms with Crippen molar-refractivity contribution in [1.29, 1.82) is 0 Å². The van der Waals surface area contributed by atoms with Crippen LogP contribution in [0, 0.1) is 6.92 Å². The molecule has 1 atom stereocenters. The normalized spacial score (nSPS) is 12.2. The molecule has 0 saturated carbocycles. The van der Waals surface area contributed by atoms with Crippen molar-refractivity contribution in [3.05, 3.63) is 63.6 Å². The SMILES string of the molecule is CCCNC(=O)C(CC)N(Cc1ccccc1C)C(=O)CN(c1cccc(Cl)c1Cl)S(C)(=O)=O. The molecule has 0 bridgehead atoms. The van der Waals surface area contributed by atoms with Crippen molar-refractivity contribution in [3.8, 4) is 0 Å². The van der Waals surface area contributed by atoms with Crippen LogP contribution < -0.4 is 9.62 Å². The molecule has 10 heteroatoms. The van der Waals surface area contributed by atoms with Gasteiger partial charge in [-0.3, -0.25) is 13.9 Å². The summed E-state index contributed by atoms with van der Waals surface area (Å²) in [4.78, 5) is 28.0. The summed E-state index contributed by atoms with van der Waals surface area (Å²) in [5, 5.41) is 3.04. The number of rotatable bonds is 11. The summed E-state index contributed by atoms with van der Waals surface area (Å²) in [6.07, 6.45) is 2.11. The predicted molar refractivity (Wildman–Crippen MR) is 138 cm³/mol. The van der Waals surface area contributed by atoms with Crippen molar-refractivity contribution in [1.82, 2.24) is 10.2 Å². The van der Waals surface area contributed by atoms with Crippen molar-refractivity contribution in [3.63, 3.8) is 0 Å². The van der Waals surface area contributed by atoms with E-state index in [9.17, 15) is 18.0 Å². The van der Waals surface area contributed by atoms with Gasteiger partial charge in [-0.25, -0.2) is 8.42 Å². The standard InChI is InChI=1S/C24H31Cl2N3O4S/c1-5-14-27-24(31)20(6-2)28(15-18-11-8-7-10-17(18)3)22(30)16-29(34(4,32)33)21-13-9-12-19(25)23(21)26/h7-13,20H,5-6,14-16H2,1-4H3,(H,27,31). The number of carbonyl (C=O) groups is 2. The van der Waals surface area contributed by atoms with E-state index in [4.69, 9.17) is 23.2 Å². The number of nitrogens with zero attached hydrogens (tertiary/aromatic N) is 2. The molecule has 0 spiro atoms. The van der Waals surface area contributed by atoms with Gasteiger partial charge in [-0.1, -0.05) is 67.4 Å². The first kappa shape index (κ1) is 28.0. The van der Waals surface area contributed by atoms with Gasteiger partial charge in [-0.2, -0.15) is 0 Å². The number of carbonyl (C=O) groups excluding carboxylic acids is 2. The van der Waals surface area contributed by atoms with E-state index < -0.39 is 28.5 Å². The summed E-state index contributed by atoms with van der Waals surface area (Å²) < 4.78 is 26.2. The zero-order valence-electron chi connectivity index (χ0n) is 19.8. The second kappa shape index (κ2) is 12.4. The number of hydrogen-bond donors (Lipinski definition) is 1. The van der Waals surface area contributed by atoms with Crippen LogP contribution in [-0.2, 0) is 26.2 Å². The monoisotopic (exact) mass is 527 g/mol. The van der Waals surface area contributed by atoms with E-state index in [0.29, 0.717) is 13.0 Å². The van der Waals surface area contributed by atoms with Crippen molar-refractivity contribution < 1.29 is 18.0 Å². The number of sulfonamides is 1. The third-order valence-corrected chi connectivity index (χ3v) is 7.35. The Morgan fingerprint density at radius 3 is 2.32 bits per heavy atom. The van der Waals surface area contributed by atoms with Gasteiger partial charge in [0.1, 0.15) is 12.6 Å². The van der Waals surface area contributed by atoms with E-state index in [1.54, 1.807) is 6.07 Å². The number of nitrogens with one attached hydrogen (secondary N) is 1. The zero-order valence-corrected chi connectivity index (χ0v) is 22.2. The van der Waals surface area contributed by atoms with E-state index >= 15 is 0 Å². The average Bonchev–Trinajstić information content (AvgIpc) is 2.78. The van der Waals surface area contributed by atoms with Crippen molar-refractivity contribution in [2.45, 2.75) is 46.2 Å². The first-order valence-electron chi connectivity index (χ1n) is 11.0. The molecule has 2 rings (SSSR count). The predicted octanol–water partition coefficient (Wildman–Crippen LogP) is 4.40. The molecule has 7 nitrogen and oxygen atoms in total. The Bertz CT molecular complexity index is 1120. The molecule has 1 unspecified atom stereocenters. The lowest BCUT2D eigenvalue weighted by Crippen LogP contribution is -2.52. The molecule has 2 amide bonds. The van der Waals surface area contributed by atoms with Crippen LogP contribution in [0.25, 0.3) is 0 Å². The van der Waals surface area contributed by atoms with E-state index in [2.05, 4.69) is 5.32 Å². The van der Waals surface area contributed by atoms with Crippen LogP contribution in [0.1, 0.15) is 37.8 Å². The minimum Gasteiger partial charge on any atom is -0.354 e. The Balaban J connectivity index is 2.48. The molecule has 1 N–H and O–H groups in total. The second-order valence-corrected chi connectivity index (χ2v) is 10.7. The van der Waals surface area contributed by atoms with Gasteiger partial charge < -0.3 is 10.2 Å². The highest BCUT2D eigenvalue weighted by Crippen LogP contribution is 2.33. The van der Waals surface area contributed by atoms with Gasteiger partial charge in [0, 0.05) is 13.1 Å². The van der Waals surface area contributed by atoms with Crippen molar-refractivity contribution >= 4 is 50.7 Å². The Morgan fingerprint density at radius 2 is 1.74 bits per heavy atom. The molecule has 0 aliphatic carbocycles. The van der Waals surface area contributed by atoms with Crippen molar-refractivity contribution in [2.75, 3.05) is 23.7 Å². The molecule has 0 fully saturated rings. The second-order valence-electron chi connectivity index (χ2n) is 8.01. The minimum atomic E-state index is -3.89. The average molecular weight is 529 g/mol. The number of benzene rings is 2. The number of halogens is 2. The number of hydrogen-bond acceptors (Lipinski definition) is 4. The van der Waals surface area contributed by atoms with Gasteiger partial charge in [0.15, 0.2) is 0 Å². The van der Waals surface area contributed by atoms with Crippen molar-refractivity contribution in [2.24, 2.45) is 0 Å². The van der Waals surface area contributed by atoms with E-state index in [1.807, 2.05) is 45.0 Å². The number of anilines is 1. The minimum absolute atomic E-state index is 0.0283. The van der Waals surface area contributed by atoms with Gasteiger partial charge in [0.2, 0.25) is 21.8 Å². The lowest BCUT2D eigenvalue weighted by atomic mass is 10.1. The summed E-state index contributed by atoms with van der Waals surface area (Å²) in [6, 6.07) is 11.4. The first-order chi connectivity index (χ1) is 16.0. The Labute approximate surface area is 212 Å². The van der Waals surface area contributed by atoms with Gasteiger partial charge in [0.05, 0.1) is 22.0 Å². The fourth-order valence-corrected chi connectivity index (χ4v) is 4.84. The summed E-state index contributed by atoms with van der Waals surface area (Å²) in [5.41, 5.74) is 1.93. The fraction of sp³-hybridized carbons (Fsp3) is 0.417. The third kappa shape index (κ3) is 7.10. The maximum Gasteiger partial charge on any atom is 0.244 e. The molecule has 0 heterocycles. The molecule has 2 aromatic carbocycles. The van der Waals surface area contributed by atoms with Gasteiger partial charge in [-0.15, -0.1) is 0 Å². The largest absolute Gasteiger partial charge is 0.354 e. The van der Waals surface area contributed by atoms with E-state index in [0.717, 1.165) is 28.1 Å². The van der Waals surface area contributed by atoms with Crippen LogP contribution in [0.2, 0.25) is 10.0 Å². The highest BCUT2D eigenvalue weighted by molar-refractivity contribution is 7.92. The smallest absolute Gasteiger partial charge is 0.244 e. The molecule has 0 saturated heterocycles. The van der Waals surface area contributed by atoms with Gasteiger partial charge >= 0.3 is 0 Å². The van der Waals surface area contributed by atoms with Crippen LogP contribution in [0.4, 0.5) is 5.69 Å². The fourth-order valence-electron chi connectivity index (χ4n) is 3.54. The Hall–Kier alpha value is -2.29. The van der Waals surface area contributed by atoms with Crippen LogP contribution in [0.15, 0.2) is 42.5 Å². The highest BCUT2D eigenvalue weighted by atomic mass is 35.5. The first-order valence-corrected chi connectivity index (χ1v) is 13.6. The van der Waals surface area contributed by atoms with Gasteiger partial charge in [-0.05, 0) is 43.0 Å². The maximum atomic E-state index is 13.6. The van der Waals surface area contributed by atoms with Gasteiger partial charge in [0.25, 0.3) is 0 Å².